The van der Waals surface area contributed by atoms with Gasteiger partial charge < -0.3 is 10.4 Å². The number of amides is 1. The van der Waals surface area contributed by atoms with Gasteiger partial charge in [-0.15, -0.1) is 0 Å². The predicted molar refractivity (Wildman–Crippen MR) is 74.7 cm³/mol. The van der Waals surface area contributed by atoms with Crippen molar-refractivity contribution in [3.8, 4) is 0 Å². The average Bonchev–Trinajstić information content (AvgIpc) is 2.36. The van der Waals surface area contributed by atoms with Crippen molar-refractivity contribution in [2.24, 2.45) is 0 Å². The highest BCUT2D eigenvalue weighted by Gasteiger charge is 2.20. The van der Waals surface area contributed by atoms with E-state index in [1.807, 2.05) is 0 Å². The lowest BCUT2D eigenvalue weighted by atomic mass is 9.96. The summed E-state index contributed by atoms with van der Waals surface area (Å²) < 4.78 is 0. The minimum Gasteiger partial charge on any atom is -0.478 e. The molecular formula is C15H21NO3. The molecule has 2 N–H and O–H groups in total. The highest BCUT2D eigenvalue weighted by Crippen LogP contribution is 2.18. The van der Waals surface area contributed by atoms with Crippen molar-refractivity contribution in [1.29, 1.82) is 0 Å². The molecule has 1 aromatic rings. The van der Waals surface area contributed by atoms with Gasteiger partial charge >= 0.3 is 5.97 Å². The molecule has 0 fully saturated rings. The van der Waals surface area contributed by atoms with E-state index in [4.69, 9.17) is 0 Å². The fraction of sp³-hybridized carbons (Fsp3) is 0.467. The van der Waals surface area contributed by atoms with Crippen LogP contribution in [-0.4, -0.2) is 23.5 Å². The van der Waals surface area contributed by atoms with Crippen molar-refractivity contribution in [2.45, 2.75) is 40.0 Å². The quantitative estimate of drug-likeness (QED) is 0.775. The summed E-state index contributed by atoms with van der Waals surface area (Å²) in [6.07, 6.45) is 3.05. The number of carboxylic acid groups (broad SMARTS) is 1. The molecule has 1 rings (SSSR count). The predicted octanol–water partition coefficient (Wildman–Crippen LogP) is 2.92. The van der Waals surface area contributed by atoms with Gasteiger partial charge in [-0.2, -0.15) is 0 Å². The van der Waals surface area contributed by atoms with E-state index in [1.54, 1.807) is 26.0 Å². The lowest BCUT2D eigenvalue weighted by molar-refractivity contribution is 0.0690. The molecule has 0 saturated carbocycles. The summed E-state index contributed by atoms with van der Waals surface area (Å²) in [7, 11) is 0. The Kier molecular flexibility index (Phi) is 5.55. The van der Waals surface area contributed by atoms with E-state index in [9.17, 15) is 14.7 Å². The van der Waals surface area contributed by atoms with Crippen molar-refractivity contribution in [2.75, 3.05) is 6.54 Å². The van der Waals surface area contributed by atoms with Crippen LogP contribution in [0.3, 0.4) is 0 Å². The monoisotopic (exact) mass is 263 g/mol. The highest BCUT2D eigenvalue weighted by atomic mass is 16.4. The molecule has 0 aliphatic rings. The van der Waals surface area contributed by atoms with Crippen LogP contribution in [0.4, 0.5) is 0 Å². The van der Waals surface area contributed by atoms with Crippen LogP contribution < -0.4 is 5.32 Å². The Morgan fingerprint density at radius 3 is 2.21 bits per heavy atom. The molecule has 1 amide bonds. The Balaban J connectivity index is 2.95. The smallest absolute Gasteiger partial charge is 0.336 e. The molecule has 0 unspecified atom stereocenters. The number of hydrogen-bond acceptors (Lipinski definition) is 2. The first kappa shape index (κ1) is 15.2. The van der Waals surface area contributed by atoms with Crippen molar-refractivity contribution in [1.82, 2.24) is 5.32 Å². The van der Waals surface area contributed by atoms with Crippen molar-refractivity contribution >= 4 is 11.9 Å². The zero-order valence-electron chi connectivity index (χ0n) is 11.7. The summed E-state index contributed by atoms with van der Waals surface area (Å²) in [5.41, 5.74) is 1.68. The first-order valence-corrected chi connectivity index (χ1v) is 6.60. The molecule has 0 atom stereocenters. The maximum atomic E-state index is 12.1. The fourth-order valence-corrected chi connectivity index (χ4v) is 2.04. The molecule has 0 aliphatic heterocycles. The molecule has 0 aliphatic carbocycles. The van der Waals surface area contributed by atoms with Gasteiger partial charge in [-0.3, -0.25) is 4.79 Å². The van der Waals surface area contributed by atoms with E-state index in [0.29, 0.717) is 17.7 Å². The molecule has 0 bridgehead atoms. The van der Waals surface area contributed by atoms with Crippen LogP contribution in [0.2, 0.25) is 0 Å². The zero-order chi connectivity index (χ0) is 14.4. The number of carbonyl (C=O) groups is 2. The molecule has 0 heterocycles. The molecule has 4 nitrogen and oxygen atoms in total. The molecular weight excluding hydrogens is 242 g/mol. The maximum absolute atomic E-state index is 12.1. The van der Waals surface area contributed by atoms with E-state index < -0.39 is 5.97 Å². The Morgan fingerprint density at radius 2 is 1.68 bits per heavy atom. The third kappa shape index (κ3) is 3.81. The van der Waals surface area contributed by atoms with Gasteiger partial charge in [-0.25, -0.2) is 4.79 Å². The van der Waals surface area contributed by atoms with Gasteiger partial charge in [0.25, 0.3) is 5.91 Å². The number of unbranched alkanes of at least 4 members (excludes halogenated alkanes) is 2. The number of carbonyl (C=O) groups excluding carboxylic acids is 1. The van der Waals surface area contributed by atoms with Gasteiger partial charge in [0.05, 0.1) is 11.1 Å². The van der Waals surface area contributed by atoms with Gasteiger partial charge in [-0.05, 0) is 31.4 Å². The number of carboxylic acids is 1. The largest absolute Gasteiger partial charge is 0.478 e. The van der Waals surface area contributed by atoms with E-state index in [2.05, 4.69) is 12.2 Å². The molecule has 104 valence electrons. The van der Waals surface area contributed by atoms with E-state index in [1.165, 1.54) is 0 Å². The lowest BCUT2D eigenvalue weighted by Crippen LogP contribution is -2.27. The molecule has 0 radical (unpaired) electrons. The van der Waals surface area contributed by atoms with E-state index in [0.717, 1.165) is 19.3 Å². The molecule has 0 aromatic heterocycles. The summed E-state index contributed by atoms with van der Waals surface area (Å²) in [5, 5.41) is 12.0. The third-order valence-electron chi connectivity index (χ3n) is 3.13. The topological polar surface area (TPSA) is 66.4 Å². The second-order valence-corrected chi connectivity index (χ2v) is 4.72. The summed E-state index contributed by atoms with van der Waals surface area (Å²) in [6, 6.07) is 3.51. The standard InChI is InChI=1S/C15H21NO3/c1-4-5-6-9-16-14(17)12-10(2)7-8-11(3)13(12)15(18)19/h7-8H,4-6,9H2,1-3H3,(H,16,17)(H,18,19). The molecule has 0 spiro atoms. The summed E-state index contributed by atoms with van der Waals surface area (Å²) in [4.78, 5) is 23.4. The molecule has 1 aromatic carbocycles. The molecule has 4 heteroatoms. The van der Waals surface area contributed by atoms with E-state index in [-0.39, 0.29) is 17.0 Å². The Morgan fingerprint density at radius 1 is 1.11 bits per heavy atom. The van der Waals surface area contributed by atoms with Crippen LogP contribution in [0, 0.1) is 13.8 Å². The van der Waals surface area contributed by atoms with Crippen LogP contribution in [0.1, 0.15) is 58.0 Å². The maximum Gasteiger partial charge on any atom is 0.336 e. The number of aryl methyl sites for hydroxylation is 2. The number of aromatic carboxylic acids is 1. The summed E-state index contributed by atoms with van der Waals surface area (Å²) in [5.74, 6) is -1.35. The highest BCUT2D eigenvalue weighted by molar-refractivity contribution is 6.06. The summed E-state index contributed by atoms with van der Waals surface area (Å²) >= 11 is 0. The average molecular weight is 263 g/mol. The van der Waals surface area contributed by atoms with Crippen LogP contribution in [0.5, 0.6) is 0 Å². The van der Waals surface area contributed by atoms with Gasteiger partial charge in [0, 0.05) is 6.54 Å². The van der Waals surface area contributed by atoms with Crippen LogP contribution >= 0.6 is 0 Å². The second kappa shape index (κ2) is 6.92. The van der Waals surface area contributed by atoms with Crippen LogP contribution in [-0.2, 0) is 0 Å². The van der Waals surface area contributed by atoms with Crippen molar-refractivity contribution in [3.63, 3.8) is 0 Å². The van der Waals surface area contributed by atoms with Gasteiger partial charge in [0.15, 0.2) is 0 Å². The van der Waals surface area contributed by atoms with Crippen molar-refractivity contribution < 1.29 is 14.7 Å². The van der Waals surface area contributed by atoms with Gasteiger partial charge in [0.2, 0.25) is 0 Å². The number of rotatable bonds is 6. The zero-order valence-corrected chi connectivity index (χ0v) is 11.7. The number of hydrogen-bond donors (Lipinski definition) is 2. The van der Waals surface area contributed by atoms with Gasteiger partial charge in [0.1, 0.15) is 0 Å². The first-order valence-electron chi connectivity index (χ1n) is 6.60. The number of benzene rings is 1. The lowest BCUT2D eigenvalue weighted by Gasteiger charge is -2.12. The first-order chi connectivity index (χ1) is 8.99. The Hall–Kier alpha value is -1.84. The Labute approximate surface area is 113 Å². The third-order valence-corrected chi connectivity index (χ3v) is 3.13. The van der Waals surface area contributed by atoms with Gasteiger partial charge in [-0.1, -0.05) is 31.9 Å². The summed E-state index contributed by atoms with van der Waals surface area (Å²) in [6.45, 7) is 6.14. The number of nitrogens with one attached hydrogen (secondary N) is 1. The minimum atomic E-state index is -1.06. The normalized spacial score (nSPS) is 10.3. The Bertz CT molecular complexity index is 481. The minimum absolute atomic E-state index is 0.105. The fourth-order valence-electron chi connectivity index (χ4n) is 2.04. The second-order valence-electron chi connectivity index (χ2n) is 4.72. The van der Waals surface area contributed by atoms with E-state index >= 15 is 0 Å². The molecule has 19 heavy (non-hydrogen) atoms. The van der Waals surface area contributed by atoms with Crippen molar-refractivity contribution in [3.05, 3.63) is 34.4 Å². The molecule has 0 saturated heterocycles. The van der Waals surface area contributed by atoms with Crippen LogP contribution in [0.15, 0.2) is 12.1 Å². The SMILES string of the molecule is CCCCCNC(=O)c1c(C)ccc(C)c1C(=O)O. The van der Waals surface area contributed by atoms with Crippen LogP contribution in [0.25, 0.3) is 0 Å².